The van der Waals surface area contributed by atoms with E-state index in [0.717, 1.165) is 23.4 Å². The van der Waals surface area contributed by atoms with E-state index >= 15 is 0 Å². The van der Waals surface area contributed by atoms with Gasteiger partial charge in [-0.2, -0.15) is 5.10 Å². The molecule has 24 heavy (non-hydrogen) atoms. The average Bonchev–Trinajstić information content (AvgIpc) is 3.13. The first-order valence-corrected chi connectivity index (χ1v) is 7.83. The molecule has 1 aromatic carbocycles. The average molecular weight is 325 g/mol. The Hall–Kier alpha value is -2.89. The number of carbonyl (C=O) groups excluding carboxylic acids is 2. The molecule has 0 bridgehead atoms. The van der Waals surface area contributed by atoms with E-state index in [9.17, 15) is 9.59 Å². The number of esters is 1. The van der Waals surface area contributed by atoms with E-state index in [-0.39, 0.29) is 18.1 Å². The second-order valence-corrected chi connectivity index (χ2v) is 5.65. The zero-order valence-corrected chi connectivity index (χ0v) is 13.9. The lowest BCUT2D eigenvalue weighted by Gasteiger charge is -2.06. The molecule has 0 spiro atoms. The Bertz CT molecular complexity index is 921. The molecular formula is C18H19N3O3. The van der Waals surface area contributed by atoms with Crippen LogP contribution >= 0.6 is 0 Å². The van der Waals surface area contributed by atoms with Gasteiger partial charge in [0.05, 0.1) is 5.52 Å². The van der Waals surface area contributed by atoms with Gasteiger partial charge in [-0.3, -0.25) is 9.89 Å². The van der Waals surface area contributed by atoms with Crippen LogP contribution in [0.2, 0.25) is 0 Å². The highest BCUT2D eigenvalue weighted by Crippen LogP contribution is 2.18. The molecule has 0 aliphatic heterocycles. The predicted octanol–water partition coefficient (Wildman–Crippen LogP) is 3.04. The monoisotopic (exact) mass is 325 g/mol. The van der Waals surface area contributed by atoms with Gasteiger partial charge in [-0.05, 0) is 32.9 Å². The minimum atomic E-state index is -0.606. The SMILES string of the molecule is CCn1c(C)cc(C(=O)COC(=O)c2n[nH]c3ccccc23)c1C. The molecule has 0 radical (unpaired) electrons. The van der Waals surface area contributed by atoms with Crippen molar-refractivity contribution in [1.29, 1.82) is 0 Å². The smallest absolute Gasteiger partial charge is 0.359 e. The molecule has 0 saturated heterocycles. The maximum absolute atomic E-state index is 12.4. The number of hydrogen-bond donors (Lipinski definition) is 1. The quantitative estimate of drug-likeness (QED) is 0.578. The molecule has 0 amide bonds. The highest BCUT2D eigenvalue weighted by molar-refractivity contribution is 6.04. The molecule has 124 valence electrons. The number of H-pyrrole nitrogens is 1. The van der Waals surface area contributed by atoms with Gasteiger partial charge in [0.1, 0.15) is 0 Å². The van der Waals surface area contributed by atoms with Gasteiger partial charge in [-0.15, -0.1) is 0 Å². The van der Waals surface area contributed by atoms with Gasteiger partial charge in [-0.1, -0.05) is 18.2 Å². The summed E-state index contributed by atoms with van der Waals surface area (Å²) in [6.07, 6.45) is 0. The number of Topliss-reactive ketones (excluding diaryl/α,β-unsaturated/α-hetero) is 1. The number of ether oxygens (including phenoxy) is 1. The van der Waals surface area contributed by atoms with Crippen molar-refractivity contribution in [3.8, 4) is 0 Å². The molecule has 0 fully saturated rings. The maximum Gasteiger partial charge on any atom is 0.359 e. The number of rotatable bonds is 5. The summed E-state index contributed by atoms with van der Waals surface area (Å²) in [4.78, 5) is 24.6. The van der Waals surface area contributed by atoms with Gasteiger partial charge in [0.25, 0.3) is 0 Å². The van der Waals surface area contributed by atoms with Crippen LogP contribution in [0, 0.1) is 13.8 Å². The van der Waals surface area contributed by atoms with Crippen LogP contribution in [-0.2, 0) is 11.3 Å². The van der Waals surface area contributed by atoms with E-state index in [1.807, 2.05) is 45.0 Å². The first-order chi connectivity index (χ1) is 11.5. The van der Waals surface area contributed by atoms with Gasteiger partial charge < -0.3 is 9.30 Å². The molecule has 0 saturated carbocycles. The van der Waals surface area contributed by atoms with Crippen LogP contribution in [0.5, 0.6) is 0 Å². The van der Waals surface area contributed by atoms with E-state index in [0.29, 0.717) is 10.9 Å². The van der Waals surface area contributed by atoms with Crippen LogP contribution in [-0.4, -0.2) is 33.1 Å². The number of nitrogens with one attached hydrogen (secondary N) is 1. The fraction of sp³-hybridized carbons (Fsp3) is 0.278. The predicted molar refractivity (Wildman–Crippen MR) is 90.3 cm³/mol. The Morgan fingerprint density at radius 3 is 2.71 bits per heavy atom. The van der Waals surface area contributed by atoms with Crippen molar-refractivity contribution in [2.24, 2.45) is 0 Å². The number of aromatic nitrogens is 3. The van der Waals surface area contributed by atoms with Gasteiger partial charge >= 0.3 is 5.97 Å². The molecular weight excluding hydrogens is 306 g/mol. The first kappa shape index (κ1) is 16.0. The summed E-state index contributed by atoms with van der Waals surface area (Å²) in [6, 6.07) is 9.11. The van der Waals surface area contributed by atoms with Crippen LogP contribution in [0.3, 0.4) is 0 Å². The number of nitrogens with zero attached hydrogens (tertiary/aromatic N) is 2. The van der Waals surface area contributed by atoms with Crippen molar-refractivity contribution in [2.45, 2.75) is 27.3 Å². The lowest BCUT2D eigenvalue weighted by Crippen LogP contribution is -2.15. The fourth-order valence-corrected chi connectivity index (χ4v) is 2.97. The second-order valence-electron chi connectivity index (χ2n) is 5.65. The van der Waals surface area contributed by atoms with Crippen molar-refractivity contribution >= 4 is 22.7 Å². The highest BCUT2D eigenvalue weighted by atomic mass is 16.5. The lowest BCUT2D eigenvalue weighted by atomic mass is 10.1. The van der Waals surface area contributed by atoms with E-state index in [4.69, 9.17) is 4.74 Å². The third kappa shape index (κ3) is 2.71. The zero-order chi connectivity index (χ0) is 17.3. The van der Waals surface area contributed by atoms with Crippen molar-refractivity contribution in [2.75, 3.05) is 6.61 Å². The van der Waals surface area contributed by atoms with Crippen molar-refractivity contribution in [3.05, 3.63) is 53.0 Å². The van der Waals surface area contributed by atoms with Crippen molar-refractivity contribution in [3.63, 3.8) is 0 Å². The minimum absolute atomic E-state index is 0.192. The zero-order valence-electron chi connectivity index (χ0n) is 13.9. The summed E-state index contributed by atoms with van der Waals surface area (Å²) in [5.41, 5.74) is 3.44. The summed E-state index contributed by atoms with van der Waals surface area (Å²) < 4.78 is 7.22. The van der Waals surface area contributed by atoms with Crippen molar-refractivity contribution < 1.29 is 14.3 Å². The first-order valence-electron chi connectivity index (χ1n) is 7.83. The Morgan fingerprint density at radius 1 is 1.25 bits per heavy atom. The van der Waals surface area contributed by atoms with Gasteiger partial charge in [0.15, 0.2) is 12.3 Å². The van der Waals surface area contributed by atoms with E-state index < -0.39 is 5.97 Å². The molecule has 6 heteroatoms. The molecule has 0 aliphatic rings. The number of ketones is 1. The molecule has 3 rings (SSSR count). The molecule has 3 aromatic rings. The van der Waals surface area contributed by atoms with Crippen LogP contribution in [0.4, 0.5) is 0 Å². The Kier molecular flexibility index (Phi) is 4.20. The van der Waals surface area contributed by atoms with E-state index in [1.165, 1.54) is 0 Å². The molecule has 0 unspecified atom stereocenters. The number of hydrogen-bond acceptors (Lipinski definition) is 4. The molecule has 2 heterocycles. The molecule has 6 nitrogen and oxygen atoms in total. The fourth-order valence-electron chi connectivity index (χ4n) is 2.97. The number of para-hydroxylation sites is 1. The summed E-state index contributed by atoms with van der Waals surface area (Å²) in [5.74, 6) is -0.818. The molecule has 1 N–H and O–H groups in total. The summed E-state index contributed by atoms with van der Waals surface area (Å²) >= 11 is 0. The van der Waals surface area contributed by atoms with Crippen LogP contribution in [0.25, 0.3) is 10.9 Å². The van der Waals surface area contributed by atoms with Crippen LogP contribution in [0.15, 0.2) is 30.3 Å². The summed E-state index contributed by atoms with van der Waals surface area (Å²) in [6.45, 7) is 6.37. The highest BCUT2D eigenvalue weighted by Gasteiger charge is 2.19. The van der Waals surface area contributed by atoms with Gasteiger partial charge in [-0.25, -0.2) is 4.79 Å². The summed E-state index contributed by atoms with van der Waals surface area (Å²) in [5, 5.41) is 7.44. The number of aryl methyl sites for hydroxylation is 1. The maximum atomic E-state index is 12.4. The standard InChI is InChI=1S/C18H19N3O3/c1-4-21-11(2)9-14(12(21)3)16(22)10-24-18(23)17-13-7-5-6-8-15(13)19-20-17/h5-9H,4,10H2,1-3H3,(H,19,20). The Labute approximate surface area is 139 Å². The Balaban J connectivity index is 1.73. The van der Waals surface area contributed by atoms with Crippen molar-refractivity contribution in [1.82, 2.24) is 14.8 Å². The molecule has 0 atom stereocenters. The minimum Gasteiger partial charge on any atom is -0.452 e. The third-order valence-corrected chi connectivity index (χ3v) is 4.19. The third-order valence-electron chi connectivity index (χ3n) is 4.19. The van der Waals surface area contributed by atoms with Crippen LogP contribution in [0.1, 0.15) is 39.2 Å². The number of aromatic amines is 1. The largest absolute Gasteiger partial charge is 0.452 e. The van der Waals surface area contributed by atoms with E-state index in [2.05, 4.69) is 14.8 Å². The Morgan fingerprint density at radius 2 is 2.00 bits per heavy atom. The summed E-state index contributed by atoms with van der Waals surface area (Å²) in [7, 11) is 0. The number of fused-ring (bicyclic) bond motifs is 1. The lowest BCUT2D eigenvalue weighted by molar-refractivity contribution is 0.0470. The van der Waals surface area contributed by atoms with Gasteiger partial charge in [0.2, 0.25) is 5.78 Å². The molecule has 2 aromatic heterocycles. The second kappa shape index (κ2) is 6.31. The number of benzene rings is 1. The topological polar surface area (TPSA) is 77.0 Å². The van der Waals surface area contributed by atoms with Crippen LogP contribution < -0.4 is 0 Å². The molecule has 0 aliphatic carbocycles. The number of carbonyl (C=O) groups is 2. The van der Waals surface area contributed by atoms with Gasteiger partial charge in [0, 0.05) is 28.9 Å². The van der Waals surface area contributed by atoms with E-state index in [1.54, 1.807) is 6.07 Å². The normalized spacial score (nSPS) is 11.0.